The van der Waals surface area contributed by atoms with E-state index in [4.69, 9.17) is 0 Å². The highest BCUT2D eigenvalue weighted by molar-refractivity contribution is 5.96. The van der Waals surface area contributed by atoms with Crippen molar-refractivity contribution < 1.29 is 4.79 Å². The SMILES string of the molecule is CC(C)(C)c1cc(CC(=O)Cc2cc(C(C)(C)C)cc3ccc(C(C)(C)C)cc23)c2cc(C(C)(C)C)ccc2c1. The fraction of sp³-hybridized carbons (Fsp3) is 0.462. The second-order valence-corrected chi connectivity index (χ2v) is 16.0. The molecule has 0 aromatic heterocycles. The molecule has 0 fully saturated rings. The third-order valence-corrected chi connectivity index (χ3v) is 8.32. The van der Waals surface area contributed by atoms with Crippen molar-refractivity contribution >= 4 is 27.3 Å². The maximum Gasteiger partial charge on any atom is 0.141 e. The molecule has 0 spiro atoms. The monoisotopic (exact) mass is 534 g/mol. The summed E-state index contributed by atoms with van der Waals surface area (Å²) < 4.78 is 0. The van der Waals surface area contributed by atoms with Crippen LogP contribution in [0.15, 0.2) is 60.7 Å². The molecule has 0 saturated carbocycles. The van der Waals surface area contributed by atoms with E-state index in [1.807, 2.05) is 0 Å². The molecule has 0 aliphatic carbocycles. The summed E-state index contributed by atoms with van der Waals surface area (Å²) in [5.41, 5.74) is 7.57. The lowest BCUT2D eigenvalue weighted by molar-refractivity contribution is -0.117. The van der Waals surface area contributed by atoms with Crippen LogP contribution in [-0.4, -0.2) is 5.78 Å². The van der Waals surface area contributed by atoms with Crippen LogP contribution in [0.25, 0.3) is 21.5 Å². The van der Waals surface area contributed by atoms with Gasteiger partial charge >= 0.3 is 0 Å². The zero-order valence-corrected chi connectivity index (χ0v) is 27.1. The molecule has 40 heavy (non-hydrogen) atoms. The van der Waals surface area contributed by atoms with Crippen molar-refractivity contribution in [2.75, 3.05) is 0 Å². The Hall–Kier alpha value is -2.93. The average molecular weight is 535 g/mol. The molecule has 1 heteroatoms. The molecule has 0 aliphatic rings. The van der Waals surface area contributed by atoms with Gasteiger partial charge in [-0.25, -0.2) is 0 Å². The first-order valence-electron chi connectivity index (χ1n) is 14.9. The van der Waals surface area contributed by atoms with E-state index in [1.165, 1.54) is 43.8 Å². The van der Waals surface area contributed by atoms with Crippen LogP contribution < -0.4 is 0 Å². The van der Waals surface area contributed by atoms with Crippen molar-refractivity contribution in [2.24, 2.45) is 0 Å². The zero-order valence-electron chi connectivity index (χ0n) is 27.1. The Kier molecular flexibility index (Phi) is 7.63. The van der Waals surface area contributed by atoms with Crippen molar-refractivity contribution in [1.29, 1.82) is 0 Å². The Morgan fingerprint density at radius 2 is 0.775 bits per heavy atom. The Bertz CT molecular complexity index is 1450. The van der Waals surface area contributed by atoms with Crippen molar-refractivity contribution in [3.8, 4) is 0 Å². The molecule has 4 aromatic carbocycles. The number of carbonyl (C=O) groups excluding carboxylic acids is 1. The molecule has 0 saturated heterocycles. The summed E-state index contributed by atoms with van der Waals surface area (Å²) in [6, 6.07) is 22.8. The highest BCUT2D eigenvalue weighted by atomic mass is 16.1. The van der Waals surface area contributed by atoms with Crippen molar-refractivity contribution in [3.05, 3.63) is 94.0 Å². The summed E-state index contributed by atoms with van der Waals surface area (Å²) in [5.74, 6) is 0.266. The number of ketones is 1. The largest absolute Gasteiger partial charge is 0.299 e. The van der Waals surface area contributed by atoms with Gasteiger partial charge in [0.1, 0.15) is 5.78 Å². The minimum absolute atomic E-state index is 0.00921. The van der Waals surface area contributed by atoms with Gasteiger partial charge in [-0.2, -0.15) is 0 Å². The van der Waals surface area contributed by atoms with Gasteiger partial charge in [-0.3, -0.25) is 4.79 Å². The molecule has 4 rings (SSSR count). The normalized spacial score (nSPS) is 13.3. The van der Waals surface area contributed by atoms with Gasteiger partial charge in [0.15, 0.2) is 0 Å². The molecule has 0 atom stereocenters. The third kappa shape index (κ3) is 6.51. The van der Waals surface area contributed by atoms with E-state index < -0.39 is 0 Å². The Balaban J connectivity index is 1.82. The van der Waals surface area contributed by atoms with E-state index in [9.17, 15) is 4.79 Å². The molecule has 0 N–H and O–H groups in total. The van der Waals surface area contributed by atoms with Crippen LogP contribution in [-0.2, 0) is 39.3 Å². The van der Waals surface area contributed by atoms with Crippen LogP contribution in [0.5, 0.6) is 0 Å². The quantitative estimate of drug-likeness (QED) is 0.254. The van der Waals surface area contributed by atoms with Crippen LogP contribution in [0.2, 0.25) is 0 Å². The molecular formula is C39H50O. The minimum Gasteiger partial charge on any atom is -0.299 e. The number of fused-ring (bicyclic) bond motifs is 2. The molecule has 0 unspecified atom stereocenters. The number of hydrogen-bond acceptors (Lipinski definition) is 1. The lowest BCUT2D eigenvalue weighted by Crippen LogP contribution is -2.16. The lowest BCUT2D eigenvalue weighted by Gasteiger charge is -2.24. The van der Waals surface area contributed by atoms with Crippen LogP contribution >= 0.6 is 0 Å². The van der Waals surface area contributed by atoms with Gasteiger partial charge in [0, 0.05) is 12.8 Å². The number of hydrogen-bond donors (Lipinski definition) is 0. The van der Waals surface area contributed by atoms with E-state index in [0.29, 0.717) is 12.8 Å². The van der Waals surface area contributed by atoms with Gasteiger partial charge < -0.3 is 0 Å². The third-order valence-electron chi connectivity index (χ3n) is 8.32. The first-order valence-corrected chi connectivity index (χ1v) is 14.9. The van der Waals surface area contributed by atoms with E-state index in [-0.39, 0.29) is 27.4 Å². The summed E-state index contributed by atoms with van der Waals surface area (Å²) >= 11 is 0. The summed E-state index contributed by atoms with van der Waals surface area (Å²) in [6.07, 6.45) is 0.877. The van der Waals surface area contributed by atoms with Gasteiger partial charge in [-0.15, -0.1) is 0 Å². The molecule has 0 bridgehead atoms. The summed E-state index contributed by atoms with van der Waals surface area (Å²) in [4.78, 5) is 14.0. The van der Waals surface area contributed by atoms with E-state index in [1.54, 1.807) is 0 Å². The number of Topliss-reactive ketones (excluding diaryl/α,β-unsaturated/α-hetero) is 1. The van der Waals surface area contributed by atoms with Crippen LogP contribution in [0.1, 0.15) is 116 Å². The van der Waals surface area contributed by atoms with E-state index >= 15 is 0 Å². The smallest absolute Gasteiger partial charge is 0.141 e. The number of carbonyl (C=O) groups is 1. The number of benzene rings is 4. The maximum atomic E-state index is 14.0. The van der Waals surface area contributed by atoms with Crippen LogP contribution in [0, 0.1) is 0 Å². The minimum atomic E-state index is 0.00921. The fourth-order valence-corrected chi connectivity index (χ4v) is 5.45. The second kappa shape index (κ2) is 10.2. The van der Waals surface area contributed by atoms with Gasteiger partial charge in [-0.1, -0.05) is 144 Å². The lowest BCUT2D eigenvalue weighted by atomic mass is 9.80. The fourth-order valence-electron chi connectivity index (χ4n) is 5.45. The standard InChI is InChI=1S/C39H50O/c1-36(2,3)29-15-13-25-17-31(38(7,8)9)19-27(34(25)23-29)21-33(40)22-28-20-32(39(10,11)12)18-26-14-16-30(24-35(26)28)37(4,5)6/h13-20,23-24H,21-22H2,1-12H3. The molecule has 212 valence electrons. The predicted octanol–water partition coefficient (Wildman–Crippen LogP) is 10.5. The first-order chi connectivity index (χ1) is 18.2. The Labute approximate surface area is 243 Å². The molecular weight excluding hydrogens is 484 g/mol. The average Bonchev–Trinajstić information content (AvgIpc) is 2.81. The summed E-state index contributed by atoms with van der Waals surface area (Å²) in [7, 11) is 0. The van der Waals surface area contributed by atoms with Gasteiger partial charge in [0.2, 0.25) is 0 Å². The highest BCUT2D eigenvalue weighted by Crippen LogP contribution is 2.35. The van der Waals surface area contributed by atoms with E-state index in [2.05, 4.69) is 144 Å². The van der Waals surface area contributed by atoms with Crippen LogP contribution in [0.3, 0.4) is 0 Å². The summed E-state index contributed by atoms with van der Waals surface area (Å²) in [5, 5.41) is 4.85. The van der Waals surface area contributed by atoms with Crippen LogP contribution in [0.4, 0.5) is 0 Å². The van der Waals surface area contributed by atoms with Crippen molar-refractivity contribution in [3.63, 3.8) is 0 Å². The van der Waals surface area contributed by atoms with Gasteiger partial charge in [0.05, 0.1) is 0 Å². The Morgan fingerprint density at radius 3 is 1.07 bits per heavy atom. The summed E-state index contributed by atoms with van der Waals surface area (Å²) in [6.45, 7) is 27.0. The predicted molar refractivity (Wildman–Crippen MR) is 175 cm³/mol. The molecule has 0 amide bonds. The maximum absolute atomic E-state index is 14.0. The Morgan fingerprint density at radius 1 is 0.450 bits per heavy atom. The van der Waals surface area contributed by atoms with Crippen molar-refractivity contribution in [2.45, 2.75) is 118 Å². The molecule has 0 heterocycles. The van der Waals surface area contributed by atoms with Gasteiger partial charge in [0.25, 0.3) is 0 Å². The first kappa shape index (κ1) is 30.0. The molecule has 0 radical (unpaired) electrons. The van der Waals surface area contributed by atoms with Crippen molar-refractivity contribution in [1.82, 2.24) is 0 Å². The second-order valence-electron chi connectivity index (χ2n) is 16.0. The highest BCUT2D eigenvalue weighted by Gasteiger charge is 2.22. The van der Waals surface area contributed by atoms with E-state index in [0.717, 1.165) is 11.1 Å². The molecule has 4 aromatic rings. The molecule has 1 nitrogen and oxygen atoms in total. The molecule has 0 aliphatic heterocycles. The number of rotatable bonds is 4. The zero-order chi connectivity index (χ0) is 29.8. The topological polar surface area (TPSA) is 17.1 Å². The van der Waals surface area contributed by atoms with Gasteiger partial charge in [-0.05, 0) is 76.6 Å².